The Labute approximate surface area is 123 Å². The zero-order valence-corrected chi connectivity index (χ0v) is 12.4. The first-order valence-electron chi connectivity index (χ1n) is 4.88. The van der Waals surface area contributed by atoms with Crippen LogP contribution >= 0.6 is 0 Å². The van der Waals surface area contributed by atoms with Crippen molar-refractivity contribution in [2.75, 3.05) is 0 Å². The van der Waals surface area contributed by atoms with E-state index in [0.29, 0.717) is 0 Å². The number of hydrogen-bond donors (Lipinski definition) is 3. The first kappa shape index (κ1) is 18.8. The maximum atomic E-state index is 10.8. The van der Waals surface area contributed by atoms with Crippen molar-refractivity contribution in [3.63, 3.8) is 0 Å². The van der Waals surface area contributed by atoms with E-state index >= 15 is 0 Å². The van der Waals surface area contributed by atoms with Gasteiger partial charge in [-0.1, -0.05) is 20.8 Å². The van der Waals surface area contributed by atoms with Gasteiger partial charge in [-0.25, -0.2) is 0 Å². The fraction of sp³-hybridized carbons (Fsp3) is 0.667. The van der Waals surface area contributed by atoms with Crippen molar-refractivity contribution < 1.29 is 60.7 Å². The van der Waals surface area contributed by atoms with Gasteiger partial charge in [0.25, 0.3) is 17.9 Å². The minimum absolute atomic E-state index is 0. The summed E-state index contributed by atoms with van der Waals surface area (Å²) >= 11 is 0. The van der Waals surface area contributed by atoms with Gasteiger partial charge >= 0.3 is 29.6 Å². The van der Waals surface area contributed by atoms with Crippen molar-refractivity contribution in [2.45, 2.75) is 38.2 Å². The van der Waals surface area contributed by atoms with Crippen LogP contribution in [0.25, 0.3) is 0 Å². The number of carbonyl (C=O) groups is 3. The van der Waals surface area contributed by atoms with Gasteiger partial charge in [-0.15, -0.1) is 0 Å². The second kappa shape index (κ2) is 7.73. The Balaban J connectivity index is -0.00000112. The molecule has 0 heterocycles. The fourth-order valence-corrected chi connectivity index (χ4v) is 1.79. The Morgan fingerprint density at radius 1 is 0.824 bits per heavy atom. The zero-order valence-electron chi connectivity index (χ0n) is 11.4. The first-order valence-corrected chi connectivity index (χ1v) is 4.88. The third kappa shape index (κ3) is 5.10. The van der Waals surface area contributed by atoms with Crippen LogP contribution < -0.4 is 29.6 Å². The zero-order chi connectivity index (χ0) is 13.0. The second-order valence-electron chi connectivity index (χ2n) is 3.96. The minimum Gasteiger partial charge on any atom is -1.00 e. The maximum absolute atomic E-state index is 10.8. The van der Waals surface area contributed by atoms with Gasteiger partial charge in [-0.2, -0.15) is 0 Å². The molecular weight excluding hydrogens is 238 g/mol. The molecule has 0 saturated carbocycles. The molecule has 0 aliphatic rings. The third-order valence-corrected chi connectivity index (χ3v) is 2.90. The molecule has 3 N–H and O–H groups in total. The normalized spacial score (nSPS) is 15.0. The number of carboxylic acids is 3. The Bertz CT molecular complexity index is 266. The SMILES string of the molecule is CC(B(C(C)C(=O)O)C(C)C(=O)O)C(=O)O.[H-].[Na+]. The smallest absolute Gasteiger partial charge is 1.00 e. The summed E-state index contributed by atoms with van der Waals surface area (Å²) in [4.78, 5) is 32.4. The molecule has 3 unspecified atom stereocenters. The van der Waals surface area contributed by atoms with Crippen molar-refractivity contribution in [3.8, 4) is 0 Å². The van der Waals surface area contributed by atoms with Crippen molar-refractivity contribution in [2.24, 2.45) is 0 Å². The first-order chi connectivity index (χ1) is 7.20. The molecule has 3 atom stereocenters. The summed E-state index contributed by atoms with van der Waals surface area (Å²) in [5.74, 6) is -6.62. The van der Waals surface area contributed by atoms with Gasteiger partial charge < -0.3 is 16.7 Å². The average molecular weight is 254 g/mol. The molecule has 6 nitrogen and oxygen atoms in total. The topological polar surface area (TPSA) is 112 Å². The molecule has 8 heteroatoms. The largest absolute Gasteiger partial charge is 1.00 e. The second-order valence-corrected chi connectivity index (χ2v) is 3.96. The van der Waals surface area contributed by atoms with Gasteiger partial charge in [0, 0.05) is 17.5 Å². The van der Waals surface area contributed by atoms with Crippen molar-refractivity contribution >= 4 is 24.6 Å². The number of carboxylic acid groups (broad SMARTS) is 3. The summed E-state index contributed by atoms with van der Waals surface area (Å²) in [5.41, 5.74) is 0. The maximum Gasteiger partial charge on any atom is 1.00 e. The van der Waals surface area contributed by atoms with E-state index in [4.69, 9.17) is 15.3 Å². The van der Waals surface area contributed by atoms with E-state index in [9.17, 15) is 14.4 Å². The van der Waals surface area contributed by atoms with E-state index in [2.05, 4.69) is 0 Å². The average Bonchev–Trinajstić information content (AvgIpc) is 2.16. The standard InChI is InChI=1S/C9H15BO6.Na.H/c1-4(7(11)12)10(5(2)8(13)14)6(3)9(15)16;;/h4-6H,1-3H3,(H,11,12)(H,13,14)(H,15,16);;/q;+1;-1. The van der Waals surface area contributed by atoms with E-state index in [1.807, 2.05) is 0 Å². The summed E-state index contributed by atoms with van der Waals surface area (Å²) < 4.78 is 0. The van der Waals surface area contributed by atoms with E-state index in [-0.39, 0.29) is 31.0 Å². The van der Waals surface area contributed by atoms with Gasteiger partial charge in [0.2, 0.25) is 0 Å². The Hall–Kier alpha value is -0.525. The molecule has 0 rings (SSSR count). The van der Waals surface area contributed by atoms with Crippen LogP contribution in [0.15, 0.2) is 0 Å². The van der Waals surface area contributed by atoms with Crippen LogP contribution in [0.2, 0.25) is 17.5 Å². The van der Waals surface area contributed by atoms with Crippen molar-refractivity contribution in [1.82, 2.24) is 0 Å². The monoisotopic (exact) mass is 254 g/mol. The summed E-state index contributed by atoms with van der Waals surface area (Å²) in [5, 5.41) is 26.5. The molecule has 0 aromatic carbocycles. The van der Waals surface area contributed by atoms with Crippen molar-refractivity contribution in [3.05, 3.63) is 0 Å². The van der Waals surface area contributed by atoms with Crippen LogP contribution in [0.4, 0.5) is 0 Å². The van der Waals surface area contributed by atoms with Crippen LogP contribution in [-0.2, 0) is 14.4 Å². The van der Waals surface area contributed by atoms with E-state index in [0.717, 1.165) is 0 Å². The molecule has 92 valence electrons. The predicted octanol–water partition coefficient (Wildman–Crippen LogP) is -1.98. The summed E-state index contributed by atoms with van der Waals surface area (Å²) in [6.07, 6.45) is 0. The fourth-order valence-electron chi connectivity index (χ4n) is 1.79. The third-order valence-electron chi connectivity index (χ3n) is 2.90. The molecule has 17 heavy (non-hydrogen) atoms. The number of rotatable bonds is 6. The summed E-state index contributed by atoms with van der Waals surface area (Å²) in [6, 6.07) is 0. The van der Waals surface area contributed by atoms with Crippen molar-refractivity contribution in [1.29, 1.82) is 0 Å². The van der Waals surface area contributed by atoms with Gasteiger partial charge in [0.15, 0.2) is 6.71 Å². The molecule has 0 fully saturated rings. The minimum atomic E-state index is -1.19. The molecular formula is C9H16BNaO6. The Morgan fingerprint density at radius 2 is 1.00 bits per heavy atom. The number of hydrogen-bond acceptors (Lipinski definition) is 3. The Kier molecular flexibility index (Phi) is 8.57. The number of aliphatic carboxylic acids is 3. The van der Waals surface area contributed by atoms with Crippen LogP contribution in [0.1, 0.15) is 22.2 Å². The van der Waals surface area contributed by atoms with Gasteiger partial charge in [0.1, 0.15) is 0 Å². The molecule has 0 amide bonds. The van der Waals surface area contributed by atoms with Crippen LogP contribution in [0.5, 0.6) is 0 Å². The summed E-state index contributed by atoms with van der Waals surface area (Å²) in [7, 11) is 0. The molecule has 0 aromatic heterocycles. The molecule has 0 aliphatic heterocycles. The molecule has 0 aliphatic carbocycles. The molecule has 0 aromatic rings. The molecule has 0 saturated heterocycles. The molecule has 0 bridgehead atoms. The van der Waals surface area contributed by atoms with E-state index in [1.54, 1.807) is 0 Å². The van der Waals surface area contributed by atoms with Crippen LogP contribution in [0.3, 0.4) is 0 Å². The van der Waals surface area contributed by atoms with Crippen LogP contribution in [0, 0.1) is 0 Å². The van der Waals surface area contributed by atoms with E-state index < -0.39 is 42.1 Å². The van der Waals surface area contributed by atoms with E-state index in [1.165, 1.54) is 20.8 Å². The van der Waals surface area contributed by atoms with Gasteiger partial charge in [-0.3, -0.25) is 14.4 Å². The Morgan fingerprint density at radius 3 is 1.12 bits per heavy atom. The van der Waals surface area contributed by atoms with Gasteiger partial charge in [0.05, 0.1) is 0 Å². The predicted molar refractivity (Wildman–Crippen MR) is 58.0 cm³/mol. The quantitative estimate of drug-likeness (QED) is 0.473. The molecule has 0 spiro atoms. The van der Waals surface area contributed by atoms with Gasteiger partial charge in [-0.05, 0) is 0 Å². The van der Waals surface area contributed by atoms with Crippen LogP contribution in [-0.4, -0.2) is 39.9 Å². The summed E-state index contributed by atoms with van der Waals surface area (Å²) in [6.45, 7) is 3.04. The molecule has 0 radical (unpaired) electrons.